The van der Waals surface area contributed by atoms with E-state index in [4.69, 9.17) is 9.47 Å². The van der Waals surface area contributed by atoms with Crippen LogP contribution < -0.4 is 10.2 Å². The van der Waals surface area contributed by atoms with Gasteiger partial charge in [0.1, 0.15) is 0 Å². The number of hydrogen-bond acceptors (Lipinski definition) is 6. The number of ether oxygens (including phenoxy) is 2. The van der Waals surface area contributed by atoms with Crippen LogP contribution in [0.5, 0.6) is 0 Å². The molecule has 0 aliphatic carbocycles. The molecular formula is C15H24N4O3. The predicted octanol–water partition coefficient (Wildman–Crippen LogP) is 0.858. The summed E-state index contributed by atoms with van der Waals surface area (Å²) in [7, 11) is 0. The first-order chi connectivity index (χ1) is 10.7. The van der Waals surface area contributed by atoms with Gasteiger partial charge in [0.25, 0.3) is 5.91 Å². The fourth-order valence-corrected chi connectivity index (χ4v) is 2.06. The van der Waals surface area contributed by atoms with E-state index in [1.54, 1.807) is 12.4 Å². The Labute approximate surface area is 131 Å². The van der Waals surface area contributed by atoms with Gasteiger partial charge in [-0.1, -0.05) is 0 Å². The second-order valence-corrected chi connectivity index (χ2v) is 5.40. The Hall–Kier alpha value is -1.73. The van der Waals surface area contributed by atoms with Crippen molar-refractivity contribution in [1.29, 1.82) is 0 Å². The van der Waals surface area contributed by atoms with Gasteiger partial charge in [-0.2, -0.15) is 0 Å². The molecule has 7 nitrogen and oxygen atoms in total. The normalized spacial score (nSPS) is 15.1. The number of rotatable bonds is 7. The summed E-state index contributed by atoms with van der Waals surface area (Å²) < 4.78 is 10.7. The minimum Gasteiger partial charge on any atom is -0.379 e. The number of morpholine rings is 1. The van der Waals surface area contributed by atoms with Crippen LogP contribution in [0.3, 0.4) is 0 Å². The smallest absolute Gasteiger partial charge is 0.254 e. The molecule has 0 aromatic carbocycles. The van der Waals surface area contributed by atoms with Crippen LogP contribution in [0.25, 0.3) is 0 Å². The fraction of sp³-hybridized carbons (Fsp3) is 0.667. The van der Waals surface area contributed by atoms with E-state index in [1.807, 2.05) is 13.8 Å². The molecule has 0 atom stereocenters. The molecule has 1 aromatic rings. The van der Waals surface area contributed by atoms with E-state index >= 15 is 0 Å². The van der Waals surface area contributed by atoms with E-state index in [0.717, 1.165) is 19.5 Å². The highest BCUT2D eigenvalue weighted by atomic mass is 16.5. The lowest BCUT2D eigenvalue weighted by molar-refractivity contribution is 0.0757. The Morgan fingerprint density at radius 1 is 1.36 bits per heavy atom. The molecule has 2 heterocycles. The van der Waals surface area contributed by atoms with Gasteiger partial charge in [0.2, 0.25) is 5.95 Å². The van der Waals surface area contributed by atoms with Crippen molar-refractivity contribution in [2.24, 2.45) is 0 Å². The maximum absolute atomic E-state index is 12.0. The van der Waals surface area contributed by atoms with Crippen LogP contribution in [0.2, 0.25) is 0 Å². The van der Waals surface area contributed by atoms with Crippen LogP contribution in [0.4, 0.5) is 5.95 Å². The third-order valence-corrected chi connectivity index (χ3v) is 3.25. The molecule has 1 saturated heterocycles. The first kappa shape index (κ1) is 16.6. The fourth-order valence-electron chi connectivity index (χ4n) is 2.06. The summed E-state index contributed by atoms with van der Waals surface area (Å²) in [6.45, 7) is 8.13. The number of nitrogens with one attached hydrogen (secondary N) is 1. The van der Waals surface area contributed by atoms with Crippen LogP contribution in [0.15, 0.2) is 12.4 Å². The van der Waals surface area contributed by atoms with E-state index in [1.165, 1.54) is 0 Å². The number of hydrogen-bond donors (Lipinski definition) is 1. The average molecular weight is 308 g/mol. The van der Waals surface area contributed by atoms with Crippen LogP contribution in [-0.4, -0.2) is 61.4 Å². The molecule has 1 aliphatic rings. The second kappa shape index (κ2) is 8.65. The van der Waals surface area contributed by atoms with E-state index in [0.29, 0.717) is 37.9 Å². The third kappa shape index (κ3) is 5.23. The molecule has 1 amide bonds. The highest BCUT2D eigenvalue weighted by molar-refractivity contribution is 5.93. The summed E-state index contributed by atoms with van der Waals surface area (Å²) in [5.74, 6) is 0.489. The van der Waals surface area contributed by atoms with Gasteiger partial charge in [0.05, 0.1) is 24.9 Å². The van der Waals surface area contributed by atoms with Gasteiger partial charge in [-0.3, -0.25) is 4.79 Å². The van der Waals surface area contributed by atoms with Crippen molar-refractivity contribution in [2.45, 2.75) is 26.4 Å². The van der Waals surface area contributed by atoms with Gasteiger partial charge in [0.15, 0.2) is 0 Å². The maximum atomic E-state index is 12.0. The molecule has 1 fully saturated rings. The van der Waals surface area contributed by atoms with Gasteiger partial charge >= 0.3 is 0 Å². The molecule has 7 heteroatoms. The van der Waals surface area contributed by atoms with Gasteiger partial charge < -0.3 is 19.7 Å². The Bertz CT molecular complexity index is 458. The predicted molar refractivity (Wildman–Crippen MR) is 83.1 cm³/mol. The summed E-state index contributed by atoms with van der Waals surface area (Å²) in [5.41, 5.74) is 0.474. The number of carbonyl (C=O) groups is 1. The summed E-state index contributed by atoms with van der Waals surface area (Å²) in [4.78, 5) is 22.5. The molecule has 1 aliphatic heterocycles. The SMILES string of the molecule is CC(C)OCCCNC(=O)c1cnc(N2CCOCC2)nc1. The zero-order valence-electron chi connectivity index (χ0n) is 13.2. The van der Waals surface area contributed by atoms with E-state index < -0.39 is 0 Å². The zero-order valence-corrected chi connectivity index (χ0v) is 13.2. The quantitative estimate of drug-likeness (QED) is 0.753. The van der Waals surface area contributed by atoms with Crippen LogP contribution >= 0.6 is 0 Å². The molecule has 122 valence electrons. The molecule has 1 N–H and O–H groups in total. The first-order valence-electron chi connectivity index (χ1n) is 7.71. The second-order valence-electron chi connectivity index (χ2n) is 5.40. The van der Waals surface area contributed by atoms with E-state index in [2.05, 4.69) is 20.2 Å². The summed E-state index contributed by atoms with van der Waals surface area (Å²) in [5, 5.41) is 2.84. The van der Waals surface area contributed by atoms with Crippen molar-refractivity contribution in [3.8, 4) is 0 Å². The molecule has 0 saturated carbocycles. The molecule has 22 heavy (non-hydrogen) atoms. The number of carbonyl (C=O) groups excluding carboxylic acids is 1. The topological polar surface area (TPSA) is 76.6 Å². The van der Waals surface area contributed by atoms with Gasteiger partial charge in [0, 0.05) is 38.6 Å². The summed E-state index contributed by atoms with van der Waals surface area (Å²) >= 11 is 0. The average Bonchev–Trinajstić information content (AvgIpc) is 2.55. The Morgan fingerprint density at radius 3 is 2.68 bits per heavy atom. The largest absolute Gasteiger partial charge is 0.379 e. The Morgan fingerprint density at radius 2 is 2.05 bits per heavy atom. The van der Waals surface area contributed by atoms with Gasteiger partial charge in [-0.05, 0) is 20.3 Å². The third-order valence-electron chi connectivity index (χ3n) is 3.25. The molecule has 0 bridgehead atoms. The lowest BCUT2D eigenvalue weighted by Crippen LogP contribution is -2.37. The summed E-state index contributed by atoms with van der Waals surface area (Å²) in [6, 6.07) is 0. The maximum Gasteiger partial charge on any atom is 0.254 e. The molecular weight excluding hydrogens is 284 g/mol. The monoisotopic (exact) mass is 308 g/mol. The van der Waals surface area contributed by atoms with Gasteiger partial charge in [-0.15, -0.1) is 0 Å². The Kier molecular flexibility index (Phi) is 6.54. The minimum absolute atomic E-state index is 0.155. The van der Waals surface area contributed by atoms with E-state index in [9.17, 15) is 4.79 Å². The number of amides is 1. The van der Waals surface area contributed by atoms with E-state index in [-0.39, 0.29) is 12.0 Å². The van der Waals surface area contributed by atoms with Gasteiger partial charge in [-0.25, -0.2) is 9.97 Å². The van der Waals surface area contributed by atoms with Crippen LogP contribution in [-0.2, 0) is 9.47 Å². The molecule has 0 spiro atoms. The number of anilines is 1. The molecule has 0 radical (unpaired) electrons. The van der Waals surface area contributed by atoms with Crippen molar-refractivity contribution >= 4 is 11.9 Å². The van der Waals surface area contributed by atoms with Crippen molar-refractivity contribution in [3.05, 3.63) is 18.0 Å². The van der Waals surface area contributed by atoms with Crippen molar-refractivity contribution in [1.82, 2.24) is 15.3 Å². The highest BCUT2D eigenvalue weighted by Gasteiger charge is 2.14. The first-order valence-corrected chi connectivity index (χ1v) is 7.71. The zero-order chi connectivity index (χ0) is 15.8. The van der Waals surface area contributed by atoms with Crippen LogP contribution in [0, 0.1) is 0 Å². The highest BCUT2D eigenvalue weighted by Crippen LogP contribution is 2.09. The van der Waals surface area contributed by atoms with Crippen molar-refractivity contribution < 1.29 is 14.3 Å². The molecule has 2 rings (SSSR count). The van der Waals surface area contributed by atoms with Crippen molar-refractivity contribution in [3.63, 3.8) is 0 Å². The number of aromatic nitrogens is 2. The molecule has 1 aromatic heterocycles. The lowest BCUT2D eigenvalue weighted by Gasteiger charge is -2.26. The standard InChI is InChI=1S/C15H24N4O3/c1-12(2)22-7-3-4-16-14(20)13-10-17-15(18-11-13)19-5-8-21-9-6-19/h10-12H,3-9H2,1-2H3,(H,16,20). The van der Waals surface area contributed by atoms with Crippen molar-refractivity contribution in [2.75, 3.05) is 44.4 Å². The van der Waals surface area contributed by atoms with Crippen LogP contribution in [0.1, 0.15) is 30.6 Å². The lowest BCUT2D eigenvalue weighted by atomic mass is 10.3. The number of nitrogens with zero attached hydrogens (tertiary/aromatic N) is 3. The minimum atomic E-state index is -0.155. The Balaban J connectivity index is 1.75. The molecule has 0 unspecified atom stereocenters. The summed E-state index contributed by atoms with van der Waals surface area (Å²) in [6.07, 6.45) is 4.14.